The molecule has 0 radical (unpaired) electrons. The highest BCUT2D eigenvalue weighted by molar-refractivity contribution is 6.17. The van der Waals surface area contributed by atoms with Crippen LogP contribution in [0.2, 0.25) is 0 Å². The topological polar surface area (TPSA) is 56.0 Å². The number of carbonyl (C=O) groups excluding carboxylic acids is 1. The van der Waals surface area contributed by atoms with Crippen molar-refractivity contribution in [3.8, 4) is 0 Å². The normalized spacial score (nSPS) is 12.7. The molecule has 24 heavy (non-hydrogen) atoms. The molecule has 0 aliphatic heterocycles. The van der Waals surface area contributed by atoms with Crippen LogP contribution in [0, 0.1) is 0 Å². The van der Waals surface area contributed by atoms with Crippen molar-refractivity contribution in [1.29, 1.82) is 0 Å². The van der Waals surface area contributed by atoms with Crippen molar-refractivity contribution >= 4 is 27.7 Å². The predicted molar refractivity (Wildman–Crippen MR) is 97.6 cm³/mol. The molecular weight excluding hydrogens is 302 g/mol. The zero-order valence-corrected chi connectivity index (χ0v) is 14.6. The van der Waals surface area contributed by atoms with E-state index in [0.29, 0.717) is 17.6 Å². The van der Waals surface area contributed by atoms with Gasteiger partial charge in [0.25, 0.3) is 11.5 Å². The van der Waals surface area contributed by atoms with Crippen molar-refractivity contribution in [1.82, 2.24) is 14.5 Å². The van der Waals surface area contributed by atoms with E-state index < -0.39 is 0 Å². The lowest BCUT2D eigenvalue weighted by Gasteiger charge is -2.14. The maximum absolute atomic E-state index is 12.8. The average molecular weight is 325 g/mol. The van der Waals surface area contributed by atoms with Crippen molar-refractivity contribution in [2.75, 3.05) is 0 Å². The Hall–Kier alpha value is -2.56. The first-order valence-electron chi connectivity index (χ1n) is 8.41. The summed E-state index contributed by atoms with van der Waals surface area (Å²) in [7, 11) is 1.88. The maximum atomic E-state index is 12.8. The Morgan fingerprint density at radius 3 is 2.62 bits per heavy atom. The largest absolute Gasteiger partial charge is 0.350 e. The first kappa shape index (κ1) is 16.3. The van der Waals surface area contributed by atoms with Gasteiger partial charge >= 0.3 is 0 Å². The summed E-state index contributed by atoms with van der Waals surface area (Å²) in [4.78, 5) is 25.6. The van der Waals surface area contributed by atoms with Crippen LogP contribution in [0.3, 0.4) is 0 Å². The van der Waals surface area contributed by atoms with Gasteiger partial charge in [-0.25, -0.2) is 0 Å². The number of fused-ring (bicyclic) bond motifs is 3. The minimum absolute atomic E-state index is 0.0636. The Morgan fingerprint density at radius 2 is 1.96 bits per heavy atom. The molecule has 1 N–H and O–H groups in total. The van der Waals surface area contributed by atoms with E-state index in [2.05, 4.69) is 5.32 Å². The number of hydrogen-bond donors (Lipinski definition) is 1. The van der Waals surface area contributed by atoms with Crippen LogP contribution in [-0.4, -0.2) is 21.1 Å². The van der Waals surface area contributed by atoms with E-state index in [0.717, 1.165) is 22.7 Å². The molecule has 1 unspecified atom stereocenters. The van der Waals surface area contributed by atoms with Gasteiger partial charge in [-0.1, -0.05) is 25.1 Å². The fraction of sp³-hybridized carbons (Fsp3) is 0.368. The number of aromatic nitrogens is 2. The molecule has 5 heteroatoms. The Labute approximate surface area is 140 Å². The third-order valence-corrected chi connectivity index (χ3v) is 4.70. The predicted octanol–water partition coefficient (Wildman–Crippen LogP) is 3.04. The van der Waals surface area contributed by atoms with Crippen LogP contribution in [0.1, 0.15) is 37.6 Å². The van der Waals surface area contributed by atoms with Gasteiger partial charge in [-0.3, -0.25) is 9.59 Å². The number of aryl methyl sites for hydroxylation is 2. The Kier molecular flexibility index (Phi) is 4.18. The van der Waals surface area contributed by atoms with Crippen LogP contribution in [0.5, 0.6) is 0 Å². The molecule has 0 saturated carbocycles. The summed E-state index contributed by atoms with van der Waals surface area (Å²) in [5.41, 5.74) is 2.03. The number of hydrogen-bond acceptors (Lipinski definition) is 2. The lowest BCUT2D eigenvalue weighted by atomic mass is 10.1. The minimum atomic E-state index is -0.132. The van der Waals surface area contributed by atoms with E-state index in [4.69, 9.17) is 0 Å². The lowest BCUT2D eigenvalue weighted by molar-refractivity contribution is 0.0940. The second-order valence-corrected chi connectivity index (χ2v) is 6.22. The second kappa shape index (κ2) is 6.15. The molecule has 1 aromatic carbocycles. The zero-order chi connectivity index (χ0) is 17.4. The van der Waals surface area contributed by atoms with Crippen LogP contribution < -0.4 is 10.9 Å². The Balaban J connectivity index is 2.40. The van der Waals surface area contributed by atoms with Crippen LogP contribution in [0.15, 0.2) is 35.3 Å². The van der Waals surface area contributed by atoms with Crippen LogP contribution in [0.4, 0.5) is 0 Å². The monoisotopic (exact) mass is 325 g/mol. The van der Waals surface area contributed by atoms with Crippen molar-refractivity contribution in [3.05, 3.63) is 46.4 Å². The second-order valence-electron chi connectivity index (χ2n) is 6.22. The summed E-state index contributed by atoms with van der Waals surface area (Å²) < 4.78 is 3.49. The highest BCUT2D eigenvalue weighted by Gasteiger charge is 2.21. The molecule has 1 amide bonds. The minimum Gasteiger partial charge on any atom is -0.350 e. The highest BCUT2D eigenvalue weighted by atomic mass is 16.2. The molecular formula is C19H23N3O2. The van der Waals surface area contributed by atoms with Crippen molar-refractivity contribution in [2.24, 2.45) is 7.05 Å². The molecule has 0 bridgehead atoms. The number of amides is 1. The number of pyridine rings is 1. The number of para-hydroxylation sites is 1. The lowest BCUT2D eigenvalue weighted by Crippen LogP contribution is -2.33. The summed E-state index contributed by atoms with van der Waals surface area (Å²) in [6.07, 6.45) is 2.55. The van der Waals surface area contributed by atoms with Crippen molar-refractivity contribution < 1.29 is 4.79 Å². The Morgan fingerprint density at radius 1 is 1.25 bits per heavy atom. The number of nitrogens with zero attached hydrogens (tertiary/aromatic N) is 2. The quantitative estimate of drug-likeness (QED) is 0.801. The number of benzene rings is 1. The van der Waals surface area contributed by atoms with Gasteiger partial charge in [0.1, 0.15) is 5.52 Å². The molecule has 0 aliphatic rings. The van der Waals surface area contributed by atoms with Gasteiger partial charge in [0.05, 0.1) is 5.56 Å². The van der Waals surface area contributed by atoms with Gasteiger partial charge < -0.3 is 14.5 Å². The maximum Gasteiger partial charge on any atom is 0.275 e. The van der Waals surface area contributed by atoms with Crippen molar-refractivity contribution in [3.63, 3.8) is 0 Å². The summed E-state index contributed by atoms with van der Waals surface area (Å²) >= 11 is 0. The molecule has 0 saturated heterocycles. The molecule has 0 spiro atoms. The average Bonchev–Trinajstić information content (AvgIpc) is 2.89. The fourth-order valence-corrected chi connectivity index (χ4v) is 3.14. The van der Waals surface area contributed by atoms with E-state index in [1.165, 1.54) is 0 Å². The smallest absolute Gasteiger partial charge is 0.275 e. The summed E-state index contributed by atoms with van der Waals surface area (Å²) in [6.45, 7) is 6.45. The summed E-state index contributed by atoms with van der Waals surface area (Å²) in [6, 6.07) is 7.90. The number of nitrogens with one attached hydrogen (secondary N) is 1. The first-order valence-corrected chi connectivity index (χ1v) is 8.41. The van der Waals surface area contributed by atoms with E-state index in [1.54, 1.807) is 10.8 Å². The van der Waals surface area contributed by atoms with Gasteiger partial charge in [0, 0.05) is 42.1 Å². The van der Waals surface area contributed by atoms with E-state index in [1.807, 2.05) is 56.7 Å². The molecule has 2 heterocycles. The van der Waals surface area contributed by atoms with Gasteiger partial charge in [0.2, 0.25) is 0 Å². The third-order valence-electron chi connectivity index (χ3n) is 4.70. The third kappa shape index (κ3) is 2.40. The number of carbonyl (C=O) groups is 1. The molecule has 3 aromatic rings. The van der Waals surface area contributed by atoms with Crippen molar-refractivity contribution in [2.45, 2.75) is 39.8 Å². The standard InChI is InChI=1S/C19H23N3O2/c1-5-12(3)20-18(23)14-11-22(6-2)19(24)17-16(14)13-9-7-8-10-15(13)21(17)4/h7-12H,5-6H2,1-4H3,(H,20,23). The van der Waals surface area contributed by atoms with Gasteiger partial charge in [0.15, 0.2) is 0 Å². The van der Waals surface area contributed by atoms with Gasteiger partial charge in [-0.2, -0.15) is 0 Å². The van der Waals surface area contributed by atoms with E-state index in [-0.39, 0.29) is 17.5 Å². The SMILES string of the molecule is CCC(C)NC(=O)c1cn(CC)c(=O)c2c1c1ccccc1n2C. The molecule has 126 valence electrons. The molecule has 3 rings (SSSR count). The van der Waals surface area contributed by atoms with Crippen LogP contribution >= 0.6 is 0 Å². The highest BCUT2D eigenvalue weighted by Crippen LogP contribution is 2.28. The molecule has 0 aliphatic carbocycles. The van der Waals surface area contributed by atoms with Crippen LogP contribution in [0.25, 0.3) is 21.8 Å². The van der Waals surface area contributed by atoms with Crippen LogP contribution in [-0.2, 0) is 13.6 Å². The molecule has 5 nitrogen and oxygen atoms in total. The first-order chi connectivity index (χ1) is 11.5. The molecule has 1 atom stereocenters. The van der Waals surface area contributed by atoms with E-state index >= 15 is 0 Å². The molecule has 2 aromatic heterocycles. The van der Waals surface area contributed by atoms with Gasteiger partial charge in [-0.15, -0.1) is 0 Å². The zero-order valence-electron chi connectivity index (χ0n) is 14.6. The molecule has 0 fully saturated rings. The van der Waals surface area contributed by atoms with E-state index in [9.17, 15) is 9.59 Å². The Bertz CT molecular complexity index is 982. The summed E-state index contributed by atoms with van der Waals surface area (Å²) in [5, 5.41) is 4.69. The fourth-order valence-electron chi connectivity index (χ4n) is 3.14. The summed E-state index contributed by atoms with van der Waals surface area (Å²) in [5.74, 6) is -0.132. The number of rotatable bonds is 4. The van der Waals surface area contributed by atoms with Gasteiger partial charge in [-0.05, 0) is 26.3 Å².